The molecule has 0 spiro atoms. The first-order valence-corrected chi connectivity index (χ1v) is 23.4. The number of hydrogen-bond acceptors (Lipinski definition) is 3. The second-order valence-electron chi connectivity index (χ2n) is 19.0. The normalized spacial score (nSPS) is 13.6. The second kappa shape index (κ2) is 15.8. The second-order valence-corrected chi connectivity index (χ2v) is 19.0. The molecule has 0 N–H and O–H groups in total. The van der Waals surface area contributed by atoms with Gasteiger partial charge in [0, 0.05) is 61.7 Å². The molecule has 0 amide bonds. The van der Waals surface area contributed by atoms with Gasteiger partial charge >= 0.3 is 0 Å². The van der Waals surface area contributed by atoms with E-state index in [-0.39, 0.29) is 10.8 Å². The molecule has 67 heavy (non-hydrogen) atoms. The van der Waals surface area contributed by atoms with Gasteiger partial charge in [0.25, 0.3) is 0 Å². The van der Waals surface area contributed by atoms with Gasteiger partial charge in [-0.15, -0.1) is 0 Å². The van der Waals surface area contributed by atoms with Gasteiger partial charge in [0.1, 0.15) is 0 Å². The number of anilines is 9. The highest BCUT2D eigenvalue weighted by molar-refractivity contribution is 6.11. The third-order valence-electron chi connectivity index (χ3n) is 14.3. The fourth-order valence-electron chi connectivity index (χ4n) is 11.3. The smallest absolute Gasteiger partial charge is 0.0543 e. The highest BCUT2D eigenvalue weighted by atomic mass is 15.2. The number of rotatable bonds is 9. The van der Waals surface area contributed by atoms with Gasteiger partial charge in [-0.2, -0.15) is 0 Å². The van der Waals surface area contributed by atoms with Gasteiger partial charge in [-0.25, -0.2) is 0 Å². The summed E-state index contributed by atoms with van der Waals surface area (Å²) in [5.41, 5.74) is 20.6. The minimum atomic E-state index is -0.273. The Morgan fingerprint density at radius 1 is 0.269 bits per heavy atom. The number of benzene rings is 10. The molecule has 0 saturated carbocycles. The lowest BCUT2D eigenvalue weighted by molar-refractivity contribution is 0.601. The summed E-state index contributed by atoms with van der Waals surface area (Å²) in [6.45, 7) is 9.74. The molecular formula is C64H51N3. The largest absolute Gasteiger partial charge is 0.311 e. The lowest BCUT2D eigenvalue weighted by Crippen LogP contribution is -2.24. The van der Waals surface area contributed by atoms with Crippen LogP contribution in [0.1, 0.15) is 49.9 Å². The Hall–Kier alpha value is -8.14. The summed E-state index contributed by atoms with van der Waals surface area (Å²) in [5.74, 6) is 0. The summed E-state index contributed by atoms with van der Waals surface area (Å²) in [7, 11) is 0. The van der Waals surface area contributed by atoms with E-state index < -0.39 is 0 Å². The molecule has 0 unspecified atom stereocenters. The number of para-hydroxylation sites is 4. The summed E-state index contributed by atoms with van der Waals surface area (Å²) in [4.78, 5) is 7.13. The predicted molar refractivity (Wildman–Crippen MR) is 283 cm³/mol. The average molecular weight is 862 g/mol. The maximum absolute atomic E-state index is 2.52. The SMILES string of the molecule is CC1(C)c2ccccc2-c2ccc3c(c21)C(C)(C)c1cc(N(c2ccc(N(c4ccccc4)c4ccccc4)cc2)c2ccc(N(c4ccccc4)c4ccccc4)cc2)c2ccccc2c1-3. The molecule has 3 heteroatoms. The summed E-state index contributed by atoms with van der Waals surface area (Å²) < 4.78 is 0. The van der Waals surface area contributed by atoms with Gasteiger partial charge in [-0.3, -0.25) is 0 Å². The summed E-state index contributed by atoms with van der Waals surface area (Å²) in [5, 5.41) is 2.48. The molecule has 0 atom stereocenters. The number of fused-ring (bicyclic) bond motifs is 9. The molecule has 0 radical (unpaired) electrons. The van der Waals surface area contributed by atoms with Crippen LogP contribution < -0.4 is 14.7 Å². The molecule has 10 aromatic carbocycles. The lowest BCUT2D eigenvalue weighted by atomic mass is 9.72. The fourth-order valence-corrected chi connectivity index (χ4v) is 11.3. The third-order valence-corrected chi connectivity index (χ3v) is 14.3. The van der Waals surface area contributed by atoms with Crippen LogP contribution in [0, 0.1) is 0 Å². The molecule has 0 bridgehead atoms. The van der Waals surface area contributed by atoms with Crippen LogP contribution in [-0.2, 0) is 10.8 Å². The van der Waals surface area contributed by atoms with Gasteiger partial charge in [-0.1, -0.05) is 161 Å². The first-order chi connectivity index (χ1) is 32.8. The predicted octanol–water partition coefficient (Wildman–Crippen LogP) is 17.9. The highest BCUT2D eigenvalue weighted by Gasteiger charge is 2.46. The van der Waals surface area contributed by atoms with Crippen LogP contribution in [0.25, 0.3) is 33.0 Å². The van der Waals surface area contributed by atoms with E-state index in [1.807, 2.05) is 0 Å². The maximum atomic E-state index is 2.52. The molecular weight excluding hydrogens is 811 g/mol. The van der Waals surface area contributed by atoms with Crippen molar-refractivity contribution in [1.29, 1.82) is 0 Å². The Morgan fingerprint density at radius 2 is 0.612 bits per heavy atom. The van der Waals surface area contributed by atoms with Crippen LogP contribution in [-0.4, -0.2) is 0 Å². The fraction of sp³-hybridized carbons (Fsp3) is 0.0938. The standard InChI is InChI=1S/C64H51N3/c1-63(2)57-32-20-19-29-52(57)55-41-42-56-60-54-31-18-17-30-53(54)59(43-58(60)64(3,4)62(56)61(55)63)67(50-37-33-48(34-38-50)65(44-21-9-5-10-22-44)45-23-11-6-12-24-45)51-39-35-49(36-40-51)66(46-25-13-7-14-26-46)47-27-15-8-16-28-47/h5-43H,1-4H3. The van der Waals surface area contributed by atoms with E-state index in [2.05, 4.69) is 279 Å². The van der Waals surface area contributed by atoms with Crippen LogP contribution in [0.4, 0.5) is 51.2 Å². The third kappa shape index (κ3) is 6.48. The van der Waals surface area contributed by atoms with Crippen molar-refractivity contribution in [3.05, 3.63) is 259 Å². The monoisotopic (exact) mass is 861 g/mol. The molecule has 10 aromatic rings. The Bertz CT molecular complexity index is 3230. The van der Waals surface area contributed by atoms with Crippen molar-refractivity contribution in [2.75, 3.05) is 14.7 Å². The summed E-state index contributed by atoms with van der Waals surface area (Å²) >= 11 is 0. The quantitative estimate of drug-likeness (QED) is 0.143. The van der Waals surface area contributed by atoms with E-state index in [1.54, 1.807) is 0 Å². The Labute approximate surface area is 394 Å². The number of hydrogen-bond donors (Lipinski definition) is 0. The van der Waals surface area contributed by atoms with Crippen molar-refractivity contribution in [1.82, 2.24) is 0 Å². The van der Waals surface area contributed by atoms with Crippen LogP contribution in [0.5, 0.6) is 0 Å². The summed E-state index contributed by atoms with van der Waals surface area (Å²) in [6.07, 6.45) is 0. The molecule has 0 saturated heterocycles. The molecule has 322 valence electrons. The van der Waals surface area contributed by atoms with Crippen LogP contribution in [0.15, 0.2) is 237 Å². The van der Waals surface area contributed by atoms with Gasteiger partial charge < -0.3 is 14.7 Å². The molecule has 3 nitrogen and oxygen atoms in total. The molecule has 0 fully saturated rings. The van der Waals surface area contributed by atoms with Gasteiger partial charge in [0.2, 0.25) is 0 Å². The lowest BCUT2D eigenvalue weighted by Gasteiger charge is -2.32. The van der Waals surface area contributed by atoms with Gasteiger partial charge in [0.05, 0.1) is 5.69 Å². The van der Waals surface area contributed by atoms with Crippen LogP contribution >= 0.6 is 0 Å². The Morgan fingerprint density at radius 3 is 1.09 bits per heavy atom. The van der Waals surface area contributed by atoms with Gasteiger partial charge in [0.15, 0.2) is 0 Å². The van der Waals surface area contributed by atoms with Crippen LogP contribution in [0.2, 0.25) is 0 Å². The molecule has 12 rings (SSSR count). The molecule has 0 aromatic heterocycles. The number of nitrogens with zero attached hydrogens (tertiary/aromatic N) is 3. The van der Waals surface area contributed by atoms with Crippen molar-refractivity contribution < 1.29 is 0 Å². The minimum Gasteiger partial charge on any atom is -0.311 e. The van der Waals surface area contributed by atoms with Crippen molar-refractivity contribution in [3.63, 3.8) is 0 Å². The average Bonchev–Trinajstić information content (AvgIpc) is 3.75. The Kier molecular flexibility index (Phi) is 9.51. The van der Waals surface area contributed by atoms with E-state index in [4.69, 9.17) is 0 Å². The maximum Gasteiger partial charge on any atom is 0.0543 e. The zero-order valence-corrected chi connectivity index (χ0v) is 38.4. The molecule has 0 aliphatic heterocycles. The van der Waals surface area contributed by atoms with E-state index in [0.29, 0.717) is 0 Å². The van der Waals surface area contributed by atoms with Crippen molar-refractivity contribution >= 4 is 62.0 Å². The zero-order valence-electron chi connectivity index (χ0n) is 38.4. The van der Waals surface area contributed by atoms with E-state index in [0.717, 1.165) is 51.2 Å². The van der Waals surface area contributed by atoms with E-state index in [9.17, 15) is 0 Å². The highest BCUT2D eigenvalue weighted by Crippen LogP contribution is 2.61. The van der Waals surface area contributed by atoms with Crippen molar-refractivity contribution in [2.24, 2.45) is 0 Å². The topological polar surface area (TPSA) is 9.72 Å². The Balaban J connectivity index is 1.05. The molecule has 2 aliphatic carbocycles. The minimum absolute atomic E-state index is 0.133. The summed E-state index contributed by atoms with van der Waals surface area (Å²) in [6, 6.07) is 86.2. The van der Waals surface area contributed by atoms with E-state index in [1.165, 1.54) is 55.3 Å². The molecule has 2 aliphatic rings. The van der Waals surface area contributed by atoms with Crippen molar-refractivity contribution in [3.8, 4) is 22.3 Å². The molecule has 0 heterocycles. The van der Waals surface area contributed by atoms with Crippen LogP contribution in [0.3, 0.4) is 0 Å². The van der Waals surface area contributed by atoms with Crippen molar-refractivity contribution in [2.45, 2.75) is 38.5 Å². The first kappa shape index (κ1) is 40.4. The first-order valence-electron chi connectivity index (χ1n) is 23.4. The van der Waals surface area contributed by atoms with E-state index >= 15 is 0 Å². The van der Waals surface area contributed by atoms with Gasteiger partial charge in [-0.05, 0) is 153 Å². The zero-order chi connectivity index (χ0) is 45.3.